The molecule has 0 unspecified atom stereocenters. The van der Waals surface area contributed by atoms with Crippen LogP contribution >= 0.6 is 11.6 Å². The maximum atomic E-state index is 12.9. The highest BCUT2D eigenvalue weighted by molar-refractivity contribution is 6.31. The number of carbonyl (C=O) groups excluding carboxylic acids is 1. The van der Waals surface area contributed by atoms with Crippen molar-refractivity contribution in [1.82, 2.24) is 5.32 Å². The molecule has 0 aromatic heterocycles. The molecule has 1 saturated carbocycles. The molecule has 2 rings (SSSR count). The van der Waals surface area contributed by atoms with Gasteiger partial charge in [0, 0.05) is 17.5 Å². The molecule has 2 atom stereocenters. The fourth-order valence-corrected chi connectivity index (χ4v) is 2.67. The third-order valence-electron chi connectivity index (χ3n) is 3.62. The van der Waals surface area contributed by atoms with Gasteiger partial charge in [-0.15, -0.1) is 0 Å². The van der Waals surface area contributed by atoms with Crippen LogP contribution < -0.4 is 5.32 Å². The van der Waals surface area contributed by atoms with Crippen molar-refractivity contribution in [3.8, 4) is 0 Å². The van der Waals surface area contributed by atoms with Gasteiger partial charge in [0.25, 0.3) is 0 Å². The van der Waals surface area contributed by atoms with E-state index in [1.165, 1.54) is 18.2 Å². The normalized spacial score (nSPS) is 21.7. The molecule has 0 bridgehead atoms. The monoisotopic (exact) mass is 299 g/mol. The van der Waals surface area contributed by atoms with Crippen LogP contribution in [0, 0.1) is 17.7 Å². The van der Waals surface area contributed by atoms with E-state index in [2.05, 4.69) is 5.32 Å². The third kappa shape index (κ3) is 3.48. The van der Waals surface area contributed by atoms with Crippen LogP contribution in [0.15, 0.2) is 18.2 Å². The quantitative estimate of drug-likeness (QED) is 0.898. The summed E-state index contributed by atoms with van der Waals surface area (Å²) < 4.78 is 12.9. The number of nitrogens with one attached hydrogen (secondary N) is 1. The number of benzene rings is 1. The Bertz CT molecular complexity index is 535. The number of hydrogen-bond acceptors (Lipinski definition) is 2. The molecule has 1 aliphatic rings. The van der Waals surface area contributed by atoms with Crippen molar-refractivity contribution in [1.29, 1.82) is 0 Å². The summed E-state index contributed by atoms with van der Waals surface area (Å²) in [7, 11) is 0. The molecule has 1 aromatic rings. The Hall–Kier alpha value is -1.62. The first-order chi connectivity index (χ1) is 9.47. The van der Waals surface area contributed by atoms with Gasteiger partial charge in [-0.1, -0.05) is 17.7 Å². The highest BCUT2D eigenvalue weighted by Gasteiger charge is 2.33. The van der Waals surface area contributed by atoms with Crippen molar-refractivity contribution in [3.63, 3.8) is 0 Å². The Kier molecular flexibility index (Phi) is 4.60. The number of aliphatic carboxylic acids is 1. The minimum absolute atomic E-state index is 0.172. The Morgan fingerprint density at radius 3 is 2.65 bits per heavy atom. The number of amides is 1. The molecule has 108 valence electrons. The van der Waals surface area contributed by atoms with Crippen LogP contribution in [0.2, 0.25) is 5.02 Å². The zero-order valence-corrected chi connectivity index (χ0v) is 11.5. The van der Waals surface area contributed by atoms with E-state index in [4.69, 9.17) is 16.7 Å². The second kappa shape index (κ2) is 6.22. The van der Waals surface area contributed by atoms with Crippen LogP contribution in [0.1, 0.15) is 24.8 Å². The van der Waals surface area contributed by atoms with Gasteiger partial charge >= 0.3 is 5.97 Å². The van der Waals surface area contributed by atoms with Gasteiger partial charge in [-0.3, -0.25) is 9.59 Å². The number of carboxylic acid groups (broad SMARTS) is 1. The Morgan fingerprint density at radius 1 is 1.35 bits per heavy atom. The maximum Gasteiger partial charge on any atom is 0.306 e. The zero-order valence-electron chi connectivity index (χ0n) is 10.7. The van der Waals surface area contributed by atoms with Gasteiger partial charge in [-0.2, -0.15) is 0 Å². The van der Waals surface area contributed by atoms with Gasteiger partial charge in [0.15, 0.2) is 0 Å². The van der Waals surface area contributed by atoms with Crippen molar-refractivity contribution in [2.75, 3.05) is 0 Å². The fourth-order valence-electron chi connectivity index (χ4n) is 2.44. The smallest absolute Gasteiger partial charge is 0.306 e. The van der Waals surface area contributed by atoms with E-state index >= 15 is 0 Å². The molecule has 1 amide bonds. The highest BCUT2D eigenvalue weighted by Crippen LogP contribution is 2.31. The standard InChI is InChI=1S/C14H15ClFNO3/c15-12-6-11(16)4-3-10(12)7-17-13(18)8-1-2-9(5-8)14(19)20/h3-4,6,8-9H,1-2,5,7H2,(H,17,18)(H,19,20)/t8-,9+/m0/s1. The molecule has 1 aliphatic carbocycles. The average molecular weight is 300 g/mol. The fraction of sp³-hybridized carbons (Fsp3) is 0.429. The number of halogens is 2. The minimum Gasteiger partial charge on any atom is -0.481 e. The number of carboxylic acids is 1. The lowest BCUT2D eigenvalue weighted by molar-refractivity contribution is -0.141. The molecule has 4 nitrogen and oxygen atoms in total. The molecule has 0 heterocycles. The van der Waals surface area contributed by atoms with Crippen LogP contribution in [-0.2, 0) is 16.1 Å². The molecule has 20 heavy (non-hydrogen) atoms. The molecular formula is C14H15ClFNO3. The Labute approximate surface area is 120 Å². The molecular weight excluding hydrogens is 285 g/mol. The molecule has 0 aliphatic heterocycles. The largest absolute Gasteiger partial charge is 0.481 e. The summed E-state index contributed by atoms with van der Waals surface area (Å²) in [6, 6.07) is 4.00. The average Bonchev–Trinajstić information content (AvgIpc) is 2.87. The van der Waals surface area contributed by atoms with Crippen molar-refractivity contribution in [2.24, 2.45) is 11.8 Å². The van der Waals surface area contributed by atoms with E-state index in [9.17, 15) is 14.0 Å². The van der Waals surface area contributed by atoms with Crippen LogP contribution in [0.25, 0.3) is 0 Å². The topological polar surface area (TPSA) is 66.4 Å². The molecule has 1 aromatic carbocycles. The number of hydrogen-bond donors (Lipinski definition) is 2. The summed E-state index contributed by atoms with van der Waals surface area (Å²) in [5.41, 5.74) is 0.634. The van der Waals surface area contributed by atoms with Crippen LogP contribution in [-0.4, -0.2) is 17.0 Å². The maximum absolute atomic E-state index is 12.9. The van der Waals surface area contributed by atoms with Gasteiger partial charge in [0.05, 0.1) is 5.92 Å². The minimum atomic E-state index is -0.845. The van der Waals surface area contributed by atoms with E-state index in [1.807, 2.05) is 0 Å². The summed E-state index contributed by atoms with van der Waals surface area (Å²) in [6.07, 6.45) is 1.49. The van der Waals surface area contributed by atoms with Crippen LogP contribution in [0.3, 0.4) is 0 Å². The van der Waals surface area contributed by atoms with Crippen LogP contribution in [0.4, 0.5) is 4.39 Å². The molecule has 0 radical (unpaired) electrons. The number of carbonyl (C=O) groups is 2. The summed E-state index contributed by atoms with van der Waals surface area (Å²) in [5, 5.41) is 11.9. The van der Waals surface area contributed by atoms with Crippen molar-refractivity contribution in [2.45, 2.75) is 25.8 Å². The van der Waals surface area contributed by atoms with E-state index in [1.54, 1.807) is 0 Å². The SMILES string of the molecule is O=C(O)[C@@H]1CC[C@H](C(=O)NCc2ccc(F)cc2Cl)C1. The summed E-state index contributed by atoms with van der Waals surface area (Å²) in [6.45, 7) is 0.214. The van der Waals surface area contributed by atoms with Crippen molar-refractivity contribution in [3.05, 3.63) is 34.6 Å². The van der Waals surface area contributed by atoms with Crippen LogP contribution in [0.5, 0.6) is 0 Å². The van der Waals surface area contributed by atoms with E-state index in [0.29, 0.717) is 24.8 Å². The zero-order chi connectivity index (χ0) is 14.7. The predicted octanol–water partition coefficient (Wildman–Crippen LogP) is 2.60. The van der Waals surface area contributed by atoms with Gasteiger partial charge < -0.3 is 10.4 Å². The first kappa shape index (κ1) is 14.8. The van der Waals surface area contributed by atoms with Gasteiger partial charge in [0.2, 0.25) is 5.91 Å². The van der Waals surface area contributed by atoms with E-state index in [-0.39, 0.29) is 23.4 Å². The summed E-state index contributed by atoms with van der Waals surface area (Å²) >= 11 is 5.87. The Balaban J connectivity index is 1.88. The van der Waals surface area contributed by atoms with Crippen molar-refractivity contribution >= 4 is 23.5 Å². The molecule has 6 heteroatoms. The summed E-state index contributed by atoms with van der Waals surface area (Å²) in [5.74, 6) is -2.14. The predicted molar refractivity (Wildman–Crippen MR) is 71.7 cm³/mol. The molecule has 0 saturated heterocycles. The second-order valence-corrected chi connectivity index (χ2v) is 5.41. The lowest BCUT2D eigenvalue weighted by atomic mass is 10.0. The van der Waals surface area contributed by atoms with Crippen molar-refractivity contribution < 1.29 is 19.1 Å². The lowest BCUT2D eigenvalue weighted by Crippen LogP contribution is -2.29. The van der Waals surface area contributed by atoms with E-state index in [0.717, 1.165) is 0 Å². The lowest BCUT2D eigenvalue weighted by Gasteiger charge is -2.11. The molecule has 2 N–H and O–H groups in total. The van der Waals surface area contributed by atoms with E-state index < -0.39 is 17.7 Å². The van der Waals surface area contributed by atoms with Gasteiger partial charge in [-0.25, -0.2) is 4.39 Å². The first-order valence-corrected chi connectivity index (χ1v) is 6.79. The van der Waals surface area contributed by atoms with Gasteiger partial charge in [-0.05, 0) is 37.0 Å². The second-order valence-electron chi connectivity index (χ2n) is 5.00. The van der Waals surface area contributed by atoms with Gasteiger partial charge in [0.1, 0.15) is 5.82 Å². The first-order valence-electron chi connectivity index (χ1n) is 6.42. The Morgan fingerprint density at radius 2 is 2.05 bits per heavy atom. The molecule has 0 spiro atoms. The third-order valence-corrected chi connectivity index (χ3v) is 3.97. The number of rotatable bonds is 4. The molecule has 1 fully saturated rings. The summed E-state index contributed by atoms with van der Waals surface area (Å²) in [4.78, 5) is 22.8. The highest BCUT2D eigenvalue weighted by atomic mass is 35.5.